The molecular weight excluding hydrogens is 272 g/mol. The van der Waals surface area contributed by atoms with E-state index in [1.807, 2.05) is 0 Å². The van der Waals surface area contributed by atoms with E-state index in [0.29, 0.717) is 0 Å². The number of hydrogen-bond acceptors (Lipinski definition) is 6. The van der Waals surface area contributed by atoms with E-state index in [0.717, 1.165) is 20.8 Å². The van der Waals surface area contributed by atoms with Crippen LogP contribution in [0.5, 0.6) is 0 Å². The van der Waals surface area contributed by atoms with Crippen LogP contribution in [-0.4, -0.2) is 45.8 Å². The van der Waals surface area contributed by atoms with Gasteiger partial charge in [0, 0.05) is 6.92 Å². The quantitative estimate of drug-likeness (QED) is 0.471. The minimum Gasteiger partial charge on any atom is -0.481 e. The van der Waals surface area contributed by atoms with Gasteiger partial charge in [0.15, 0.2) is 11.9 Å². The number of carboxylic acid groups (broad SMARTS) is 2. The monoisotopic (exact) mass is 288 g/mol. The smallest absolute Gasteiger partial charge is 0.316 e. The lowest BCUT2D eigenvalue weighted by atomic mass is 9.83. The first-order valence-corrected chi connectivity index (χ1v) is 5.67. The van der Waals surface area contributed by atoms with Gasteiger partial charge in [-0.15, -0.1) is 0 Å². The third kappa shape index (κ3) is 5.17. The molecule has 0 fully saturated rings. The summed E-state index contributed by atoms with van der Waals surface area (Å²) in [5.41, 5.74) is -1.86. The Bertz CT molecular complexity index is 448. The van der Waals surface area contributed by atoms with E-state index in [1.54, 1.807) is 0 Å². The number of rotatable bonds is 8. The summed E-state index contributed by atoms with van der Waals surface area (Å²) in [6, 6.07) is 0. The highest BCUT2D eigenvalue weighted by Crippen LogP contribution is 2.22. The van der Waals surface area contributed by atoms with Crippen LogP contribution in [0.3, 0.4) is 0 Å². The zero-order valence-electron chi connectivity index (χ0n) is 11.3. The van der Waals surface area contributed by atoms with Crippen molar-refractivity contribution in [1.82, 2.24) is 0 Å². The number of ether oxygens (including phenoxy) is 1. The molecule has 0 amide bonds. The predicted octanol–water partition coefficient (Wildman–Crippen LogP) is 0.0319. The van der Waals surface area contributed by atoms with E-state index in [2.05, 4.69) is 4.74 Å². The number of Topliss-reactive ketones (excluding diaryl/α,β-unsaturated/α-hetero) is 2. The van der Waals surface area contributed by atoms with Gasteiger partial charge in [-0.25, -0.2) is 0 Å². The SMILES string of the molecule is CC(=O)O[C@@H](CC(=O)CC(=O)O)C(=O)C(C)(C)C(=O)O. The minimum atomic E-state index is -1.86. The van der Waals surface area contributed by atoms with Crippen molar-refractivity contribution in [1.29, 1.82) is 0 Å². The Morgan fingerprint density at radius 1 is 1.10 bits per heavy atom. The number of esters is 1. The Morgan fingerprint density at radius 2 is 1.60 bits per heavy atom. The summed E-state index contributed by atoms with van der Waals surface area (Å²) in [5.74, 6) is -5.50. The number of ketones is 2. The summed E-state index contributed by atoms with van der Waals surface area (Å²) < 4.78 is 4.64. The van der Waals surface area contributed by atoms with Gasteiger partial charge < -0.3 is 14.9 Å². The molecule has 8 heteroatoms. The second kappa shape index (κ2) is 6.78. The van der Waals surface area contributed by atoms with E-state index in [1.165, 1.54) is 0 Å². The van der Waals surface area contributed by atoms with Crippen molar-refractivity contribution in [3.63, 3.8) is 0 Å². The lowest BCUT2D eigenvalue weighted by Gasteiger charge is -2.23. The highest BCUT2D eigenvalue weighted by Gasteiger charge is 2.42. The van der Waals surface area contributed by atoms with Gasteiger partial charge in [0.25, 0.3) is 0 Å². The van der Waals surface area contributed by atoms with Crippen LogP contribution in [0.1, 0.15) is 33.6 Å². The topological polar surface area (TPSA) is 135 Å². The fourth-order valence-corrected chi connectivity index (χ4v) is 1.34. The van der Waals surface area contributed by atoms with Crippen molar-refractivity contribution >= 4 is 29.5 Å². The Kier molecular flexibility index (Phi) is 6.02. The first-order valence-electron chi connectivity index (χ1n) is 5.67. The molecule has 0 aliphatic rings. The Hall–Kier alpha value is -2.25. The molecule has 0 aliphatic heterocycles. The van der Waals surface area contributed by atoms with Crippen LogP contribution >= 0.6 is 0 Å². The molecule has 2 N–H and O–H groups in total. The maximum atomic E-state index is 12.0. The molecule has 0 saturated carbocycles. The fraction of sp³-hybridized carbons (Fsp3) is 0.583. The van der Waals surface area contributed by atoms with Crippen molar-refractivity contribution in [3.05, 3.63) is 0 Å². The van der Waals surface area contributed by atoms with Gasteiger partial charge in [0.2, 0.25) is 0 Å². The molecule has 0 saturated heterocycles. The highest BCUT2D eigenvalue weighted by molar-refractivity contribution is 6.07. The molecule has 0 spiro atoms. The summed E-state index contributed by atoms with van der Waals surface area (Å²) in [4.78, 5) is 55.6. The number of hydrogen-bond donors (Lipinski definition) is 2. The fourth-order valence-electron chi connectivity index (χ4n) is 1.34. The predicted molar refractivity (Wildman–Crippen MR) is 63.9 cm³/mol. The van der Waals surface area contributed by atoms with Crippen LogP contribution in [0.25, 0.3) is 0 Å². The van der Waals surface area contributed by atoms with Crippen molar-refractivity contribution in [3.8, 4) is 0 Å². The van der Waals surface area contributed by atoms with Gasteiger partial charge in [0.05, 0.1) is 6.42 Å². The van der Waals surface area contributed by atoms with Crippen molar-refractivity contribution in [2.45, 2.75) is 39.7 Å². The van der Waals surface area contributed by atoms with E-state index in [9.17, 15) is 24.0 Å². The van der Waals surface area contributed by atoms with Crippen LogP contribution in [0.4, 0.5) is 0 Å². The van der Waals surface area contributed by atoms with E-state index in [-0.39, 0.29) is 0 Å². The molecule has 8 nitrogen and oxygen atoms in total. The highest BCUT2D eigenvalue weighted by atomic mass is 16.5. The minimum absolute atomic E-state index is 0.665. The Morgan fingerprint density at radius 3 is 1.95 bits per heavy atom. The zero-order valence-corrected chi connectivity index (χ0v) is 11.3. The van der Waals surface area contributed by atoms with Crippen LogP contribution in [0.15, 0.2) is 0 Å². The maximum Gasteiger partial charge on any atom is 0.316 e. The summed E-state index contributed by atoms with van der Waals surface area (Å²) >= 11 is 0. The number of carboxylic acids is 2. The largest absolute Gasteiger partial charge is 0.481 e. The number of carbonyl (C=O) groups is 5. The van der Waals surface area contributed by atoms with E-state index < -0.39 is 53.8 Å². The molecule has 0 aliphatic carbocycles. The summed E-state index contributed by atoms with van der Waals surface area (Å²) in [6.45, 7) is 3.21. The van der Waals surface area contributed by atoms with Gasteiger partial charge >= 0.3 is 17.9 Å². The molecule has 20 heavy (non-hydrogen) atoms. The number of aliphatic carboxylic acids is 2. The summed E-state index contributed by atoms with van der Waals surface area (Å²) in [5, 5.41) is 17.4. The van der Waals surface area contributed by atoms with Gasteiger partial charge in [0.1, 0.15) is 17.6 Å². The third-order valence-corrected chi connectivity index (χ3v) is 2.51. The second-order valence-corrected chi connectivity index (χ2v) is 4.71. The van der Waals surface area contributed by atoms with Gasteiger partial charge in [-0.2, -0.15) is 0 Å². The first-order chi connectivity index (χ1) is 8.98. The summed E-state index contributed by atoms with van der Waals surface area (Å²) in [7, 11) is 0. The lowest BCUT2D eigenvalue weighted by Crippen LogP contribution is -2.43. The molecule has 0 aromatic heterocycles. The third-order valence-electron chi connectivity index (χ3n) is 2.51. The second-order valence-electron chi connectivity index (χ2n) is 4.71. The average Bonchev–Trinajstić information content (AvgIpc) is 2.24. The van der Waals surface area contributed by atoms with E-state index in [4.69, 9.17) is 10.2 Å². The molecule has 0 aromatic carbocycles. The first kappa shape index (κ1) is 17.8. The Labute approximate surface area is 114 Å². The van der Waals surface area contributed by atoms with Crippen molar-refractivity contribution in [2.24, 2.45) is 5.41 Å². The van der Waals surface area contributed by atoms with Crippen LogP contribution < -0.4 is 0 Å². The van der Waals surface area contributed by atoms with Crippen LogP contribution in [0.2, 0.25) is 0 Å². The molecule has 0 bridgehead atoms. The van der Waals surface area contributed by atoms with Gasteiger partial charge in [-0.1, -0.05) is 0 Å². The lowest BCUT2D eigenvalue weighted by molar-refractivity contribution is -0.165. The molecule has 0 rings (SSSR count). The molecule has 0 radical (unpaired) electrons. The number of carbonyl (C=O) groups excluding carboxylic acids is 3. The molecule has 112 valence electrons. The van der Waals surface area contributed by atoms with Crippen molar-refractivity contribution in [2.75, 3.05) is 0 Å². The average molecular weight is 288 g/mol. The molecular formula is C12H16O8. The molecule has 1 atom stereocenters. The standard InChI is InChI=1S/C12H16O8/c1-6(13)20-8(4-7(14)5-9(15)16)10(17)12(2,3)11(18)19/h8H,4-5H2,1-3H3,(H,15,16)(H,18,19)/t8-/m0/s1. The zero-order chi connectivity index (χ0) is 16.1. The molecule has 0 aromatic rings. The molecule has 0 heterocycles. The van der Waals surface area contributed by atoms with Crippen LogP contribution in [0, 0.1) is 5.41 Å². The van der Waals surface area contributed by atoms with Crippen LogP contribution in [-0.2, 0) is 28.7 Å². The molecule has 0 unspecified atom stereocenters. The van der Waals surface area contributed by atoms with Gasteiger partial charge in [-0.3, -0.25) is 24.0 Å². The Balaban J connectivity index is 5.11. The normalized spacial score (nSPS) is 12.3. The van der Waals surface area contributed by atoms with Crippen molar-refractivity contribution < 1.29 is 38.9 Å². The van der Waals surface area contributed by atoms with Gasteiger partial charge in [-0.05, 0) is 13.8 Å². The maximum absolute atomic E-state index is 12.0. The summed E-state index contributed by atoms with van der Waals surface area (Å²) in [6.07, 6.45) is -3.11. The van der Waals surface area contributed by atoms with E-state index >= 15 is 0 Å².